The molecule has 0 saturated heterocycles. The van der Waals surface area contributed by atoms with E-state index < -0.39 is 0 Å². The van der Waals surface area contributed by atoms with Gasteiger partial charge in [0.2, 0.25) is 0 Å². The fourth-order valence-electron chi connectivity index (χ4n) is 1.23. The molecule has 1 aromatic heterocycles. The highest BCUT2D eigenvalue weighted by Gasteiger charge is 2.06. The van der Waals surface area contributed by atoms with E-state index in [1.807, 2.05) is 19.2 Å². The lowest BCUT2D eigenvalue weighted by Crippen LogP contribution is -2.26. The molecule has 0 radical (unpaired) electrons. The Kier molecular flexibility index (Phi) is 4.25. The lowest BCUT2D eigenvalue weighted by atomic mass is 10.2. The fraction of sp³-hybridized carbons (Fsp3) is 0.455. The number of hydrogen-bond acceptors (Lipinski definition) is 4. The summed E-state index contributed by atoms with van der Waals surface area (Å²) in [6.07, 6.45) is 1.66. The number of oxime groups is 1. The first-order chi connectivity index (χ1) is 7.54. The van der Waals surface area contributed by atoms with E-state index in [9.17, 15) is 0 Å². The normalized spacial score (nSPS) is 12.4. The minimum atomic E-state index is 0.0362. The van der Waals surface area contributed by atoms with Crippen molar-refractivity contribution in [1.29, 1.82) is 0 Å². The van der Waals surface area contributed by atoms with Gasteiger partial charge in [-0.25, -0.2) is 0 Å². The van der Waals surface area contributed by atoms with E-state index in [-0.39, 0.29) is 5.84 Å². The van der Waals surface area contributed by atoms with Crippen LogP contribution in [-0.2, 0) is 6.54 Å². The van der Waals surface area contributed by atoms with Gasteiger partial charge < -0.3 is 10.9 Å². The number of amidine groups is 1. The van der Waals surface area contributed by atoms with Gasteiger partial charge in [0.1, 0.15) is 5.69 Å². The third kappa shape index (κ3) is 3.20. The molecule has 0 bridgehead atoms. The summed E-state index contributed by atoms with van der Waals surface area (Å²) in [5, 5.41) is 11.5. The van der Waals surface area contributed by atoms with Crippen LogP contribution in [0.15, 0.2) is 23.5 Å². The van der Waals surface area contributed by atoms with Gasteiger partial charge in [-0.3, -0.25) is 9.88 Å². The van der Waals surface area contributed by atoms with Gasteiger partial charge >= 0.3 is 0 Å². The first-order valence-electron chi connectivity index (χ1n) is 5.17. The van der Waals surface area contributed by atoms with E-state index in [4.69, 9.17) is 10.9 Å². The average Bonchev–Trinajstić information content (AvgIpc) is 2.28. The Morgan fingerprint density at radius 3 is 2.88 bits per heavy atom. The summed E-state index contributed by atoms with van der Waals surface area (Å²) in [4.78, 5) is 6.23. The molecule has 0 spiro atoms. The van der Waals surface area contributed by atoms with Crippen LogP contribution in [-0.4, -0.2) is 34.0 Å². The summed E-state index contributed by atoms with van der Waals surface area (Å²) < 4.78 is 0. The Morgan fingerprint density at radius 2 is 2.31 bits per heavy atom. The number of hydrogen-bond donors (Lipinski definition) is 2. The van der Waals surface area contributed by atoms with Crippen molar-refractivity contribution in [2.75, 3.05) is 7.05 Å². The highest BCUT2D eigenvalue weighted by Crippen LogP contribution is 2.07. The summed E-state index contributed by atoms with van der Waals surface area (Å²) in [6.45, 7) is 5.07. The second kappa shape index (κ2) is 5.46. The van der Waals surface area contributed by atoms with Gasteiger partial charge in [0.25, 0.3) is 0 Å². The van der Waals surface area contributed by atoms with Crippen LogP contribution in [0.4, 0.5) is 0 Å². The first-order valence-corrected chi connectivity index (χ1v) is 5.17. The zero-order valence-corrected chi connectivity index (χ0v) is 9.88. The van der Waals surface area contributed by atoms with Crippen LogP contribution in [0.25, 0.3) is 0 Å². The molecule has 16 heavy (non-hydrogen) atoms. The quantitative estimate of drug-likeness (QED) is 0.345. The van der Waals surface area contributed by atoms with Crippen molar-refractivity contribution in [3.63, 3.8) is 0 Å². The lowest BCUT2D eigenvalue weighted by Gasteiger charge is -2.20. The van der Waals surface area contributed by atoms with Crippen LogP contribution in [0, 0.1) is 0 Å². The van der Waals surface area contributed by atoms with Gasteiger partial charge in [0.05, 0.1) is 0 Å². The van der Waals surface area contributed by atoms with Gasteiger partial charge in [-0.15, -0.1) is 0 Å². The van der Waals surface area contributed by atoms with Crippen LogP contribution >= 0.6 is 0 Å². The molecular formula is C11H18N4O. The maximum absolute atomic E-state index is 8.56. The number of pyridine rings is 1. The predicted octanol–water partition coefficient (Wildman–Crippen LogP) is 1.02. The van der Waals surface area contributed by atoms with Crippen molar-refractivity contribution in [2.45, 2.75) is 26.4 Å². The van der Waals surface area contributed by atoms with Crippen molar-refractivity contribution in [3.05, 3.63) is 29.6 Å². The van der Waals surface area contributed by atoms with E-state index in [0.717, 1.165) is 12.1 Å². The molecule has 0 amide bonds. The van der Waals surface area contributed by atoms with Gasteiger partial charge in [-0.1, -0.05) is 5.16 Å². The Morgan fingerprint density at radius 1 is 1.62 bits per heavy atom. The van der Waals surface area contributed by atoms with Crippen molar-refractivity contribution in [3.8, 4) is 0 Å². The van der Waals surface area contributed by atoms with Gasteiger partial charge in [0, 0.05) is 18.8 Å². The van der Waals surface area contributed by atoms with E-state index in [1.165, 1.54) is 0 Å². The van der Waals surface area contributed by atoms with Crippen LogP contribution in [0.2, 0.25) is 0 Å². The number of nitrogens with zero attached hydrogens (tertiary/aromatic N) is 3. The highest BCUT2D eigenvalue weighted by atomic mass is 16.4. The summed E-state index contributed by atoms with van der Waals surface area (Å²) in [6, 6.07) is 4.22. The van der Waals surface area contributed by atoms with Crippen molar-refractivity contribution >= 4 is 5.84 Å². The Labute approximate surface area is 95.6 Å². The zero-order chi connectivity index (χ0) is 12.1. The van der Waals surface area contributed by atoms with Gasteiger partial charge in [-0.05, 0) is 38.6 Å². The minimum Gasteiger partial charge on any atom is -0.409 e. The molecule has 5 heteroatoms. The Bertz CT molecular complexity index is 376. The highest BCUT2D eigenvalue weighted by molar-refractivity contribution is 5.95. The SMILES string of the molecule is CC(C)N(C)Cc1ccnc(C(N)=NO)c1. The molecule has 0 aliphatic carbocycles. The van der Waals surface area contributed by atoms with Crippen molar-refractivity contribution in [1.82, 2.24) is 9.88 Å². The molecule has 1 heterocycles. The van der Waals surface area contributed by atoms with Crippen molar-refractivity contribution < 1.29 is 5.21 Å². The third-order valence-corrected chi connectivity index (χ3v) is 2.51. The van der Waals surface area contributed by atoms with Gasteiger partial charge in [0.15, 0.2) is 5.84 Å². The lowest BCUT2D eigenvalue weighted by molar-refractivity contribution is 0.265. The monoisotopic (exact) mass is 222 g/mol. The summed E-state index contributed by atoms with van der Waals surface area (Å²) in [5.74, 6) is 0.0362. The van der Waals surface area contributed by atoms with Gasteiger partial charge in [-0.2, -0.15) is 0 Å². The molecular weight excluding hydrogens is 204 g/mol. The molecule has 3 N–H and O–H groups in total. The number of nitrogens with two attached hydrogens (primary N) is 1. The van der Waals surface area contributed by atoms with E-state index in [1.54, 1.807) is 6.20 Å². The minimum absolute atomic E-state index is 0.0362. The van der Waals surface area contributed by atoms with Crippen LogP contribution in [0.5, 0.6) is 0 Å². The number of rotatable bonds is 4. The zero-order valence-electron chi connectivity index (χ0n) is 9.88. The van der Waals surface area contributed by atoms with E-state index in [2.05, 4.69) is 28.9 Å². The second-order valence-corrected chi connectivity index (χ2v) is 4.04. The third-order valence-electron chi connectivity index (χ3n) is 2.51. The molecule has 0 aromatic carbocycles. The predicted molar refractivity (Wildman–Crippen MR) is 63.4 cm³/mol. The topological polar surface area (TPSA) is 74.7 Å². The Hall–Kier alpha value is -1.62. The van der Waals surface area contributed by atoms with E-state index in [0.29, 0.717) is 11.7 Å². The fourth-order valence-corrected chi connectivity index (χ4v) is 1.23. The summed E-state index contributed by atoms with van der Waals surface area (Å²) in [5.41, 5.74) is 7.07. The molecule has 0 fully saturated rings. The summed E-state index contributed by atoms with van der Waals surface area (Å²) >= 11 is 0. The van der Waals surface area contributed by atoms with E-state index >= 15 is 0 Å². The van der Waals surface area contributed by atoms with Crippen molar-refractivity contribution in [2.24, 2.45) is 10.9 Å². The molecule has 0 unspecified atom stereocenters. The first kappa shape index (κ1) is 12.4. The molecule has 1 aromatic rings. The van der Waals surface area contributed by atoms with Crippen LogP contribution in [0.3, 0.4) is 0 Å². The standard InChI is InChI=1S/C11H18N4O/c1-8(2)15(3)7-9-4-5-13-10(6-9)11(12)14-16/h4-6,8,16H,7H2,1-3H3,(H2,12,14). The molecule has 0 aliphatic rings. The average molecular weight is 222 g/mol. The summed E-state index contributed by atoms with van der Waals surface area (Å²) in [7, 11) is 2.05. The molecule has 1 rings (SSSR count). The van der Waals surface area contributed by atoms with Crippen LogP contribution < -0.4 is 5.73 Å². The maximum atomic E-state index is 8.56. The molecule has 5 nitrogen and oxygen atoms in total. The largest absolute Gasteiger partial charge is 0.409 e. The van der Waals surface area contributed by atoms with Crippen LogP contribution in [0.1, 0.15) is 25.1 Å². The molecule has 0 saturated carbocycles. The Balaban J connectivity index is 2.83. The molecule has 88 valence electrons. The molecule has 0 atom stereocenters. The smallest absolute Gasteiger partial charge is 0.188 e. The molecule has 0 aliphatic heterocycles. The maximum Gasteiger partial charge on any atom is 0.188 e. The second-order valence-electron chi connectivity index (χ2n) is 4.04. The number of aromatic nitrogens is 1.